The molecule has 4 amide bonds. The van der Waals surface area contributed by atoms with Crippen LogP contribution in [-0.2, 0) is 9.53 Å². The molecule has 0 aliphatic heterocycles. The standard InChI is InChI=1S/C21H17N3O6/c25-18(24-21(28)22-14-7-2-1-3-8-14)13-30-20(27)15-9-4-5-10-16(15)23-19(26)17-11-6-12-29-17/h1-12H,13H2,(H,23,26)(H2,22,24,25,28). The predicted molar refractivity (Wildman–Crippen MR) is 107 cm³/mol. The minimum absolute atomic E-state index is 0.0407. The first kappa shape index (κ1) is 20.3. The van der Waals surface area contributed by atoms with Gasteiger partial charge in [0.05, 0.1) is 17.5 Å². The number of benzene rings is 2. The summed E-state index contributed by atoms with van der Waals surface area (Å²) < 4.78 is 9.96. The Bertz CT molecular complexity index is 1050. The maximum atomic E-state index is 12.3. The van der Waals surface area contributed by atoms with Gasteiger partial charge in [-0.15, -0.1) is 0 Å². The van der Waals surface area contributed by atoms with Gasteiger partial charge < -0.3 is 19.8 Å². The van der Waals surface area contributed by atoms with Gasteiger partial charge in [0.1, 0.15) is 0 Å². The van der Waals surface area contributed by atoms with Crippen molar-refractivity contribution >= 4 is 35.2 Å². The zero-order valence-electron chi connectivity index (χ0n) is 15.6. The van der Waals surface area contributed by atoms with Crippen LogP contribution in [0.15, 0.2) is 77.4 Å². The molecule has 1 aromatic heterocycles. The van der Waals surface area contributed by atoms with Gasteiger partial charge >= 0.3 is 12.0 Å². The smallest absolute Gasteiger partial charge is 0.340 e. The third kappa shape index (κ3) is 5.55. The van der Waals surface area contributed by atoms with Gasteiger partial charge in [-0.05, 0) is 36.4 Å². The molecule has 9 heteroatoms. The van der Waals surface area contributed by atoms with Crippen molar-refractivity contribution in [2.45, 2.75) is 0 Å². The molecule has 9 nitrogen and oxygen atoms in total. The molecule has 0 aliphatic carbocycles. The summed E-state index contributed by atoms with van der Waals surface area (Å²) in [7, 11) is 0. The second kappa shape index (κ2) is 9.69. The Labute approximate surface area is 171 Å². The first-order chi connectivity index (χ1) is 14.5. The lowest BCUT2D eigenvalue weighted by atomic mass is 10.1. The van der Waals surface area contributed by atoms with E-state index in [1.165, 1.54) is 24.5 Å². The Morgan fingerprint density at radius 2 is 1.57 bits per heavy atom. The van der Waals surface area contributed by atoms with Crippen molar-refractivity contribution in [1.82, 2.24) is 5.32 Å². The molecule has 0 spiro atoms. The van der Waals surface area contributed by atoms with Crippen LogP contribution in [0, 0.1) is 0 Å². The minimum Gasteiger partial charge on any atom is -0.459 e. The molecule has 0 saturated heterocycles. The number of carbonyl (C=O) groups is 4. The summed E-state index contributed by atoms with van der Waals surface area (Å²) in [6.45, 7) is -0.679. The predicted octanol–water partition coefficient (Wildman–Crippen LogP) is 3.04. The first-order valence-electron chi connectivity index (χ1n) is 8.80. The molecule has 0 saturated carbocycles. The van der Waals surface area contributed by atoms with Crippen LogP contribution in [0.25, 0.3) is 0 Å². The molecule has 0 aliphatic rings. The van der Waals surface area contributed by atoms with Crippen LogP contribution < -0.4 is 16.0 Å². The number of carbonyl (C=O) groups excluding carboxylic acids is 4. The van der Waals surface area contributed by atoms with E-state index in [9.17, 15) is 19.2 Å². The average molecular weight is 407 g/mol. The van der Waals surface area contributed by atoms with Crippen molar-refractivity contribution in [2.75, 3.05) is 17.2 Å². The number of amides is 4. The van der Waals surface area contributed by atoms with Gasteiger partial charge in [0.2, 0.25) is 0 Å². The number of hydrogen-bond acceptors (Lipinski definition) is 6. The minimum atomic E-state index is -0.844. The van der Waals surface area contributed by atoms with Crippen molar-refractivity contribution in [3.63, 3.8) is 0 Å². The molecular formula is C21H17N3O6. The largest absolute Gasteiger partial charge is 0.459 e. The SMILES string of the molecule is O=C(COC(=O)c1ccccc1NC(=O)c1ccco1)NC(=O)Nc1ccccc1. The van der Waals surface area contributed by atoms with E-state index in [0.717, 1.165) is 0 Å². The van der Waals surface area contributed by atoms with E-state index in [0.29, 0.717) is 5.69 Å². The number of hydrogen-bond donors (Lipinski definition) is 3. The van der Waals surface area contributed by atoms with E-state index in [1.54, 1.807) is 48.5 Å². The fourth-order valence-electron chi connectivity index (χ4n) is 2.42. The molecule has 0 bridgehead atoms. The molecule has 0 atom stereocenters. The number of esters is 1. The number of ether oxygens (including phenoxy) is 1. The zero-order chi connectivity index (χ0) is 21.3. The Hall–Kier alpha value is -4.40. The molecular weight excluding hydrogens is 390 g/mol. The number of anilines is 2. The van der Waals surface area contributed by atoms with Crippen LogP contribution >= 0.6 is 0 Å². The maximum Gasteiger partial charge on any atom is 0.340 e. The zero-order valence-corrected chi connectivity index (χ0v) is 15.6. The molecule has 1 heterocycles. The van der Waals surface area contributed by atoms with Gasteiger partial charge in [-0.2, -0.15) is 0 Å². The van der Waals surface area contributed by atoms with Crippen LogP contribution in [0.3, 0.4) is 0 Å². The van der Waals surface area contributed by atoms with Crippen LogP contribution in [0.1, 0.15) is 20.9 Å². The Morgan fingerprint density at radius 3 is 2.30 bits per heavy atom. The van der Waals surface area contributed by atoms with E-state index >= 15 is 0 Å². The van der Waals surface area contributed by atoms with Crippen LogP contribution in [0.2, 0.25) is 0 Å². The van der Waals surface area contributed by atoms with E-state index in [1.807, 2.05) is 0 Å². The van der Waals surface area contributed by atoms with Gasteiger partial charge in [0.25, 0.3) is 11.8 Å². The monoisotopic (exact) mass is 407 g/mol. The number of nitrogens with one attached hydrogen (secondary N) is 3. The summed E-state index contributed by atoms with van der Waals surface area (Å²) >= 11 is 0. The van der Waals surface area contributed by atoms with E-state index < -0.39 is 30.4 Å². The Balaban J connectivity index is 1.54. The van der Waals surface area contributed by atoms with Crippen molar-refractivity contribution in [2.24, 2.45) is 0 Å². The van der Waals surface area contributed by atoms with Gasteiger partial charge in [-0.1, -0.05) is 30.3 Å². The van der Waals surface area contributed by atoms with Crippen molar-refractivity contribution in [3.8, 4) is 0 Å². The molecule has 0 unspecified atom stereocenters. The molecule has 3 rings (SSSR count). The highest BCUT2D eigenvalue weighted by atomic mass is 16.5. The third-order valence-corrected chi connectivity index (χ3v) is 3.76. The first-order valence-corrected chi connectivity index (χ1v) is 8.80. The summed E-state index contributed by atoms with van der Waals surface area (Å²) in [4.78, 5) is 48.1. The molecule has 152 valence electrons. The molecule has 3 N–H and O–H groups in total. The van der Waals surface area contributed by atoms with Gasteiger partial charge in [0.15, 0.2) is 12.4 Å². The van der Waals surface area contributed by atoms with Gasteiger partial charge in [-0.3, -0.25) is 14.9 Å². The van der Waals surface area contributed by atoms with Crippen LogP contribution in [0.5, 0.6) is 0 Å². The number of furan rings is 1. The topological polar surface area (TPSA) is 127 Å². The lowest BCUT2D eigenvalue weighted by molar-refractivity contribution is -0.123. The second-order valence-electron chi connectivity index (χ2n) is 5.92. The quantitative estimate of drug-likeness (QED) is 0.539. The average Bonchev–Trinajstić information content (AvgIpc) is 3.28. The maximum absolute atomic E-state index is 12.3. The van der Waals surface area contributed by atoms with Crippen molar-refractivity contribution in [3.05, 3.63) is 84.3 Å². The molecule has 3 aromatic rings. The summed E-state index contributed by atoms with van der Waals surface area (Å²) in [5.74, 6) is -2.13. The van der Waals surface area contributed by atoms with E-state index in [2.05, 4.69) is 16.0 Å². The van der Waals surface area contributed by atoms with Crippen molar-refractivity contribution in [1.29, 1.82) is 0 Å². The third-order valence-electron chi connectivity index (χ3n) is 3.76. The highest BCUT2D eigenvalue weighted by molar-refractivity contribution is 6.07. The number of imide groups is 1. The van der Waals surface area contributed by atoms with Gasteiger partial charge in [-0.25, -0.2) is 9.59 Å². The molecule has 30 heavy (non-hydrogen) atoms. The van der Waals surface area contributed by atoms with Crippen LogP contribution in [-0.4, -0.2) is 30.4 Å². The summed E-state index contributed by atoms with van der Waals surface area (Å²) in [5, 5.41) is 7.06. The number of para-hydroxylation sites is 2. The second-order valence-corrected chi connectivity index (χ2v) is 5.92. The molecule has 0 fully saturated rings. The summed E-state index contributed by atoms with van der Waals surface area (Å²) in [5.41, 5.74) is 0.728. The Kier molecular flexibility index (Phi) is 6.57. The fourth-order valence-corrected chi connectivity index (χ4v) is 2.42. The Morgan fingerprint density at radius 1 is 0.833 bits per heavy atom. The number of urea groups is 1. The van der Waals surface area contributed by atoms with E-state index in [-0.39, 0.29) is 17.0 Å². The lowest BCUT2D eigenvalue weighted by Crippen LogP contribution is -2.37. The van der Waals surface area contributed by atoms with Gasteiger partial charge in [0, 0.05) is 5.69 Å². The summed E-state index contributed by atoms with van der Waals surface area (Å²) in [6.07, 6.45) is 1.35. The summed E-state index contributed by atoms with van der Waals surface area (Å²) in [6, 6.07) is 16.9. The number of rotatable bonds is 6. The lowest BCUT2D eigenvalue weighted by Gasteiger charge is -2.10. The van der Waals surface area contributed by atoms with Crippen molar-refractivity contribution < 1.29 is 28.3 Å². The van der Waals surface area contributed by atoms with Crippen LogP contribution in [0.4, 0.5) is 16.2 Å². The van der Waals surface area contributed by atoms with E-state index in [4.69, 9.17) is 9.15 Å². The normalized spacial score (nSPS) is 10.0. The highest BCUT2D eigenvalue weighted by Crippen LogP contribution is 2.17. The molecule has 2 aromatic carbocycles. The fraction of sp³-hybridized carbons (Fsp3) is 0.0476. The highest BCUT2D eigenvalue weighted by Gasteiger charge is 2.18. The molecule has 0 radical (unpaired) electrons.